The molecule has 1 aliphatic rings. The second-order valence-corrected chi connectivity index (χ2v) is 5.46. The summed E-state index contributed by atoms with van der Waals surface area (Å²) >= 11 is 3.26. The standard InChI is InChI=1S/C13H18BrN3O/c14-12-3-2-11(9-16-12)17-13(18)4-1-10-5-7-15-8-6-10/h2-3,9-10,15H,1,4-8H2,(H,17,18). The van der Waals surface area contributed by atoms with E-state index in [0.717, 1.165) is 29.8 Å². The fourth-order valence-corrected chi connectivity index (χ4v) is 2.41. The summed E-state index contributed by atoms with van der Waals surface area (Å²) in [7, 11) is 0. The molecule has 1 saturated heterocycles. The number of aromatic nitrogens is 1. The summed E-state index contributed by atoms with van der Waals surface area (Å²) in [6.45, 7) is 2.17. The maximum absolute atomic E-state index is 11.8. The van der Waals surface area contributed by atoms with E-state index in [2.05, 4.69) is 31.5 Å². The highest BCUT2D eigenvalue weighted by Crippen LogP contribution is 2.18. The summed E-state index contributed by atoms with van der Waals surface area (Å²) in [5.74, 6) is 0.776. The molecule has 5 heteroatoms. The fourth-order valence-electron chi connectivity index (χ4n) is 2.18. The van der Waals surface area contributed by atoms with E-state index in [1.54, 1.807) is 6.20 Å². The smallest absolute Gasteiger partial charge is 0.224 e. The van der Waals surface area contributed by atoms with Crippen LogP contribution in [0.4, 0.5) is 5.69 Å². The average Bonchev–Trinajstić information content (AvgIpc) is 2.40. The largest absolute Gasteiger partial charge is 0.325 e. The second-order valence-electron chi connectivity index (χ2n) is 4.65. The first-order chi connectivity index (χ1) is 8.74. The number of halogens is 1. The van der Waals surface area contributed by atoms with E-state index in [1.165, 1.54) is 12.8 Å². The number of carbonyl (C=O) groups is 1. The number of carbonyl (C=O) groups excluding carboxylic acids is 1. The van der Waals surface area contributed by atoms with Crippen molar-refractivity contribution in [2.45, 2.75) is 25.7 Å². The Kier molecular flexibility index (Phi) is 5.13. The zero-order valence-electron chi connectivity index (χ0n) is 10.3. The lowest BCUT2D eigenvalue weighted by Gasteiger charge is -2.22. The van der Waals surface area contributed by atoms with E-state index in [-0.39, 0.29) is 5.91 Å². The van der Waals surface area contributed by atoms with Crippen LogP contribution in [-0.4, -0.2) is 24.0 Å². The van der Waals surface area contributed by atoms with Gasteiger partial charge >= 0.3 is 0 Å². The Balaban J connectivity index is 1.73. The molecule has 98 valence electrons. The highest BCUT2D eigenvalue weighted by Gasteiger charge is 2.14. The Bertz CT molecular complexity index is 388. The minimum absolute atomic E-state index is 0.0812. The summed E-state index contributed by atoms with van der Waals surface area (Å²) < 4.78 is 0.773. The van der Waals surface area contributed by atoms with Gasteiger partial charge < -0.3 is 10.6 Å². The number of hydrogen-bond donors (Lipinski definition) is 2. The number of pyridine rings is 1. The van der Waals surface area contributed by atoms with E-state index in [0.29, 0.717) is 12.3 Å². The predicted octanol–water partition coefficient (Wildman–Crippen LogP) is 2.56. The summed E-state index contributed by atoms with van der Waals surface area (Å²) in [6.07, 6.45) is 5.62. The van der Waals surface area contributed by atoms with Gasteiger partial charge in [0, 0.05) is 6.42 Å². The Labute approximate surface area is 116 Å². The number of rotatable bonds is 4. The summed E-state index contributed by atoms with van der Waals surface area (Å²) in [5, 5.41) is 6.21. The van der Waals surface area contributed by atoms with Crippen LogP contribution in [0.25, 0.3) is 0 Å². The number of nitrogens with zero attached hydrogens (tertiary/aromatic N) is 1. The normalized spacial score (nSPS) is 16.5. The average molecular weight is 312 g/mol. The van der Waals surface area contributed by atoms with Gasteiger partial charge in [-0.05, 0) is 66.3 Å². The van der Waals surface area contributed by atoms with E-state index in [1.807, 2.05) is 12.1 Å². The highest BCUT2D eigenvalue weighted by molar-refractivity contribution is 9.10. The molecule has 18 heavy (non-hydrogen) atoms. The third kappa shape index (κ3) is 4.38. The van der Waals surface area contributed by atoms with E-state index >= 15 is 0 Å². The molecular formula is C13H18BrN3O. The highest BCUT2D eigenvalue weighted by atomic mass is 79.9. The van der Waals surface area contributed by atoms with Crippen LogP contribution in [0.5, 0.6) is 0 Å². The van der Waals surface area contributed by atoms with Gasteiger partial charge in [-0.1, -0.05) is 0 Å². The van der Waals surface area contributed by atoms with Crippen LogP contribution in [0.15, 0.2) is 22.9 Å². The minimum Gasteiger partial charge on any atom is -0.325 e. The quantitative estimate of drug-likeness (QED) is 0.840. The Morgan fingerprint density at radius 1 is 1.44 bits per heavy atom. The lowest BCUT2D eigenvalue weighted by molar-refractivity contribution is -0.116. The predicted molar refractivity (Wildman–Crippen MR) is 75.4 cm³/mol. The maximum atomic E-state index is 11.8. The van der Waals surface area contributed by atoms with Gasteiger partial charge in [0.05, 0.1) is 11.9 Å². The second kappa shape index (κ2) is 6.85. The molecule has 0 aliphatic carbocycles. The first-order valence-electron chi connectivity index (χ1n) is 6.36. The van der Waals surface area contributed by atoms with Gasteiger partial charge in [-0.3, -0.25) is 4.79 Å². The van der Waals surface area contributed by atoms with Gasteiger partial charge in [-0.2, -0.15) is 0 Å². The van der Waals surface area contributed by atoms with E-state index in [9.17, 15) is 4.79 Å². The molecule has 1 amide bonds. The molecule has 0 unspecified atom stereocenters. The van der Waals surface area contributed by atoms with Gasteiger partial charge in [0.2, 0.25) is 5.91 Å². The third-order valence-electron chi connectivity index (χ3n) is 3.25. The molecule has 0 radical (unpaired) electrons. The molecule has 2 heterocycles. The summed E-state index contributed by atoms with van der Waals surface area (Å²) in [6, 6.07) is 3.67. The number of nitrogens with one attached hydrogen (secondary N) is 2. The van der Waals surface area contributed by atoms with Gasteiger partial charge in [0.15, 0.2) is 0 Å². The Morgan fingerprint density at radius 2 is 2.22 bits per heavy atom. The monoisotopic (exact) mass is 311 g/mol. The number of hydrogen-bond acceptors (Lipinski definition) is 3. The van der Waals surface area contributed by atoms with Gasteiger partial charge in [0.1, 0.15) is 4.60 Å². The molecular weight excluding hydrogens is 294 g/mol. The lowest BCUT2D eigenvalue weighted by Crippen LogP contribution is -2.28. The van der Waals surface area contributed by atoms with Crippen LogP contribution >= 0.6 is 15.9 Å². The van der Waals surface area contributed by atoms with Crippen LogP contribution in [0.3, 0.4) is 0 Å². The maximum Gasteiger partial charge on any atom is 0.224 e. The van der Waals surface area contributed by atoms with Crippen molar-refractivity contribution >= 4 is 27.5 Å². The zero-order chi connectivity index (χ0) is 12.8. The number of amides is 1. The molecule has 2 N–H and O–H groups in total. The van der Waals surface area contributed by atoms with Crippen molar-refractivity contribution in [1.29, 1.82) is 0 Å². The van der Waals surface area contributed by atoms with Crippen molar-refractivity contribution in [2.75, 3.05) is 18.4 Å². The molecule has 4 nitrogen and oxygen atoms in total. The molecule has 1 aliphatic heterocycles. The Morgan fingerprint density at radius 3 is 2.89 bits per heavy atom. The van der Waals surface area contributed by atoms with Crippen LogP contribution in [-0.2, 0) is 4.79 Å². The van der Waals surface area contributed by atoms with Gasteiger partial charge in [-0.25, -0.2) is 4.98 Å². The molecule has 0 spiro atoms. The van der Waals surface area contributed by atoms with Crippen LogP contribution in [0.2, 0.25) is 0 Å². The minimum atomic E-state index is 0.0812. The molecule has 1 aromatic heterocycles. The molecule has 0 atom stereocenters. The molecule has 0 bridgehead atoms. The van der Waals surface area contributed by atoms with Crippen molar-refractivity contribution in [2.24, 2.45) is 5.92 Å². The molecule has 0 saturated carbocycles. The number of piperidine rings is 1. The summed E-state index contributed by atoms with van der Waals surface area (Å²) in [5.41, 5.74) is 0.758. The Hall–Kier alpha value is -0.940. The van der Waals surface area contributed by atoms with Crippen molar-refractivity contribution in [1.82, 2.24) is 10.3 Å². The molecule has 1 fully saturated rings. The molecule has 2 rings (SSSR count). The first kappa shape index (κ1) is 13.5. The van der Waals surface area contributed by atoms with Crippen LogP contribution in [0, 0.1) is 5.92 Å². The van der Waals surface area contributed by atoms with Crippen LogP contribution in [0.1, 0.15) is 25.7 Å². The fraction of sp³-hybridized carbons (Fsp3) is 0.538. The molecule has 1 aromatic rings. The van der Waals surface area contributed by atoms with Gasteiger partial charge in [0.25, 0.3) is 0 Å². The van der Waals surface area contributed by atoms with Crippen molar-refractivity contribution < 1.29 is 4.79 Å². The van der Waals surface area contributed by atoms with Crippen molar-refractivity contribution in [3.63, 3.8) is 0 Å². The van der Waals surface area contributed by atoms with E-state index < -0.39 is 0 Å². The summed E-state index contributed by atoms with van der Waals surface area (Å²) in [4.78, 5) is 15.8. The van der Waals surface area contributed by atoms with Crippen LogP contribution < -0.4 is 10.6 Å². The SMILES string of the molecule is O=C(CCC1CCNCC1)Nc1ccc(Br)nc1. The first-order valence-corrected chi connectivity index (χ1v) is 7.15. The topological polar surface area (TPSA) is 54.0 Å². The van der Waals surface area contributed by atoms with E-state index in [4.69, 9.17) is 0 Å². The zero-order valence-corrected chi connectivity index (χ0v) is 11.9. The number of anilines is 1. The van der Waals surface area contributed by atoms with Crippen molar-refractivity contribution in [3.05, 3.63) is 22.9 Å². The third-order valence-corrected chi connectivity index (χ3v) is 3.72. The van der Waals surface area contributed by atoms with Crippen molar-refractivity contribution in [3.8, 4) is 0 Å². The molecule has 0 aromatic carbocycles. The van der Waals surface area contributed by atoms with Gasteiger partial charge in [-0.15, -0.1) is 0 Å². The lowest BCUT2D eigenvalue weighted by atomic mass is 9.93.